The maximum Gasteiger partial charge on any atom is 0.247 e. The van der Waals surface area contributed by atoms with Gasteiger partial charge in [-0.3, -0.25) is 0 Å². The van der Waals surface area contributed by atoms with Crippen molar-refractivity contribution in [2.45, 2.75) is 5.88 Å². The first kappa shape index (κ1) is 10.4. The first-order valence-corrected chi connectivity index (χ1v) is 5.71. The van der Waals surface area contributed by atoms with E-state index in [0.29, 0.717) is 18.4 Å². The minimum atomic E-state index is 0.220. The number of hydrogen-bond acceptors (Lipinski definition) is 4. The average molecular weight is 249 g/mol. The zero-order valence-corrected chi connectivity index (χ0v) is 9.65. The number of rotatable bonds is 2. The van der Waals surface area contributed by atoms with E-state index in [4.69, 9.17) is 20.8 Å². The molecule has 3 rings (SSSR count). The summed E-state index contributed by atoms with van der Waals surface area (Å²) in [6, 6.07) is 7.81. The molecular weight excluding hydrogens is 240 g/mol. The zero-order valence-electron chi connectivity index (χ0n) is 8.89. The predicted molar refractivity (Wildman–Crippen MR) is 63.7 cm³/mol. The van der Waals surface area contributed by atoms with E-state index >= 15 is 0 Å². The van der Waals surface area contributed by atoms with Crippen molar-refractivity contribution in [2.75, 3.05) is 6.61 Å². The van der Waals surface area contributed by atoms with Crippen molar-refractivity contribution in [1.29, 1.82) is 0 Å². The lowest BCUT2D eigenvalue weighted by molar-refractivity contribution is 0.360. The second kappa shape index (κ2) is 4.22. The van der Waals surface area contributed by atoms with Crippen molar-refractivity contribution in [3.05, 3.63) is 41.6 Å². The molecule has 0 aliphatic carbocycles. The molecule has 2 aromatic rings. The highest BCUT2D eigenvalue weighted by molar-refractivity contribution is 6.16. The third-order valence-corrected chi connectivity index (χ3v) is 2.72. The highest BCUT2D eigenvalue weighted by Crippen LogP contribution is 2.29. The first-order chi connectivity index (χ1) is 8.36. The summed E-state index contributed by atoms with van der Waals surface area (Å²) in [5.74, 6) is 1.97. The van der Waals surface area contributed by atoms with Crippen LogP contribution in [-0.4, -0.2) is 16.8 Å². The lowest BCUT2D eigenvalue weighted by Crippen LogP contribution is -2.06. The fraction of sp³-hybridized carbons (Fsp3) is 0.167. The number of para-hydroxylation sites is 1. The molecule has 0 saturated carbocycles. The van der Waals surface area contributed by atoms with Crippen molar-refractivity contribution in [2.24, 2.45) is 0 Å². The van der Waals surface area contributed by atoms with Crippen molar-refractivity contribution in [3.63, 3.8) is 0 Å². The van der Waals surface area contributed by atoms with E-state index in [1.807, 2.05) is 30.3 Å². The SMILES string of the molecule is ClCc1nnc(C2=Cc3ccccc3OC2)o1. The van der Waals surface area contributed by atoms with E-state index in [1.165, 1.54) is 0 Å². The van der Waals surface area contributed by atoms with Gasteiger partial charge in [0, 0.05) is 5.56 Å². The van der Waals surface area contributed by atoms with Gasteiger partial charge in [0.1, 0.15) is 18.2 Å². The van der Waals surface area contributed by atoms with E-state index in [2.05, 4.69) is 10.2 Å². The van der Waals surface area contributed by atoms with Gasteiger partial charge in [0.25, 0.3) is 0 Å². The summed E-state index contributed by atoms with van der Waals surface area (Å²) in [4.78, 5) is 0. The summed E-state index contributed by atoms with van der Waals surface area (Å²) in [6.07, 6.45) is 1.99. The first-order valence-electron chi connectivity index (χ1n) is 5.18. The Bertz CT molecular complexity index is 577. The van der Waals surface area contributed by atoms with Crippen LogP contribution in [0.3, 0.4) is 0 Å². The molecule has 0 N–H and O–H groups in total. The van der Waals surface area contributed by atoms with Crippen LogP contribution >= 0.6 is 11.6 Å². The molecule has 17 heavy (non-hydrogen) atoms. The Morgan fingerprint density at radius 1 is 1.24 bits per heavy atom. The molecule has 5 heteroatoms. The molecule has 2 heterocycles. The molecule has 1 aromatic heterocycles. The van der Waals surface area contributed by atoms with E-state index in [0.717, 1.165) is 16.9 Å². The van der Waals surface area contributed by atoms with E-state index < -0.39 is 0 Å². The largest absolute Gasteiger partial charge is 0.488 e. The topological polar surface area (TPSA) is 48.2 Å². The van der Waals surface area contributed by atoms with Gasteiger partial charge in [-0.25, -0.2) is 0 Å². The molecule has 1 aliphatic rings. The molecule has 0 fully saturated rings. The van der Waals surface area contributed by atoms with Crippen LogP contribution in [0.2, 0.25) is 0 Å². The summed E-state index contributed by atoms with van der Waals surface area (Å²) >= 11 is 5.61. The second-order valence-electron chi connectivity index (χ2n) is 3.63. The number of benzene rings is 1. The number of ether oxygens (including phenoxy) is 1. The zero-order chi connectivity index (χ0) is 11.7. The highest BCUT2D eigenvalue weighted by atomic mass is 35.5. The Morgan fingerprint density at radius 3 is 2.94 bits per heavy atom. The molecule has 4 nitrogen and oxygen atoms in total. The van der Waals surface area contributed by atoms with Gasteiger partial charge >= 0.3 is 0 Å². The Labute approximate surface area is 103 Å². The highest BCUT2D eigenvalue weighted by Gasteiger charge is 2.16. The van der Waals surface area contributed by atoms with Crippen molar-refractivity contribution >= 4 is 23.3 Å². The van der Waals surface area contributed by atoms with E-state index in [1.54, 1.807) is 0 Å². The van der Waals surface area contributed by atoms with Crippen molar-refractivity contribution in [1.82, 2.24) is 10.2 Å². The lowest BCUT2D eigenvalue weighted by atomic mass is 10.1. The van der Waals surface area contributed by atoms with Gasteiger partial charge in [0.05, 0.1) is 5.57 Å². The monoisotopic (exact) mass is 248 g/mol. The minimum absolute atomic E-state index is 0.220. The third-order valence-electron chi connectivity index (χ3n) is 2.49. The van der Waals surface area contributed by atoms with Crippen molar-refractivity contribution in [3.8, 4) is 5.75 Å². The summed E-state index contributed by atoms with van der Waals surface area (Å²) in [6.45, 7) is 0.431. The molecule has 0 unspecified atom stereocenters. The molecule has 0 radical (unpaired) electrons. The molecule has 1 aliphatic heterocycles. The smallest absolute Gasteiger partial charge is 0.247 e. The summed E-state index contributed by atoms with van der Waals surface area (Å²) in [7, 11) is 0. The molecule has 0 bridgehead atoms. The molecule has 1 aromatic carbocycles. The maximum atomic E-state index is 5.61. The van der Waals surface area contributed by atoms with Crippen LogP contribution in [0.4, 0.5) is 0 Å². The van der Waals surface area contributed by atoms with Crippen LogP contribution in [0.1, 0.15) is 17.3 Å². The van der Waals surface area contributed by atoms with Gasteiger partial charge in [-0.05, 0) is 12.1 Å². The van der Waals surface area contributed by atoms with Gasteiger partial charge in [0.2, 0.25) is 11.8 Å². The van der Waals surface area contributed by atoms with Gasteiger partial charge in [-0.1, -0.05) is 18.2 Å². The molecular formula is C12H9ClN2O2. The van der Waals surface area contributed by atoms with Gasteiger partial charge in [0.15, 0.2) is 0 Å². The van der Waals surface area contributed by atoms with Crippen LogP contribution in [0.15, 0.2) is 28.7 Å². The maximum absolute atomic E-state index is 5.61. The number of aromatic nitrogens is 2. The van der Waals surface area contributed by atoms with Gasteiger partial charge in [-0.15, -0.1) is 21.8 Å². The van der Waals surface area contributed by atoms with E-state index in [9.17, 15) is 0 Å². The van der Waals surface area contributed by atoms with Crippen LogP contribution in [0, 0.1) is 0 Å². The van der Waals surface area contributed by atoms with Crippen LogP contribution in [0.25, 0.3) is 11.6 Å². The second-order valence-corrected chi connectivity index (χ2v) is 3.90. The number of alkyl halides is 1. The standard InChI is InChI=1S/C12H9ClN2O2/c13-6-11-14-15-12(17-11)9-5-8-3-1-2-4-10(8)16-7-9/h1-5H,6-7H2. The number of nitrogens with zero attached hydrogens (tertiary/aromatic N) is 2. The van der Waals surface area contributed by atoms with Crippen LogP contribution < -0.4 is 4.74 Å². The molecule has 86 valence electrons. The molecule has 0 amide bonds. The minimum Gasteiger partial charge on any atom is -0.488 e. The van der Waals surface area contributed by atoms with Crippen LogP contribution in [-0.2, 0) is 5.88 Å². The quantitative estimate of drug-likeness (QED) is 0.767. The molecule has 0 spiro atoms. The molecule has 0 atom stereocenters. The normalized spacial score (nSPS) is 13.8. The summed E-state index contributed by atoms with van der Waals surface area (Å²) in [5, 5.41) is 7.76. The Hall–Kier alpha value is -1.81. The lowest BCUT2D eigenvalue weighted by Gasteiger charge is -2.15. The number of hydrogen-bond donors (Lipinski definition) is 0. The summed E-state index contributed by atoms with van der Waals surface area (Å²) < 4.78 is 11.0. The Kier molecular flexibility index (Phi) is 2.57. The van der Waals surface area contributed by atoms with Gasteiger partial charge < -0.3 is 9.15 Å². The predicted octanol–water partition coefficient (Wildman–Crippen LogP) is 2.74. The third kappa shape index (κ3) is 1.91. The summed E-state index contributed by atoms with van der Waals surface area (Å²) in [5.41, 5.74) is 1.88. The number of fused-ring (bicyclic) bond motifs is 1. The number of halogens is 1. The van der Waals surface area contributed by atoms with Crippen LogP contribution in [0.5, 0.6) is 5.75 Å². The average Bonchev–Trinajstić information content (AvgIpc) is 2.87. The fourth-order valence-corrected chi connectivity index (χ4v) is 1.78. The Morgan fingerprint density at radius 2 is 2.12 bits per heavy atom. The van der Waals surface area contributed by atoms with Gasteiger partial charge in [-0.2, -0.15) is 0 Å². The van der Waals surface area contributed by atoms with Crippen molar-refractivity contribution < 1.29 is 9.15 Å². The van der Waals surface area contributed by atoms with E-state index in [-0.39, 0.29) is 5.88 Å². The fourth-order valence-electron chi connectivity index (χ4n) is 1.68. The Balaban J connectivity index is 1.98. The molecule has 0 saturated heterocycles.